The number of amides is 1. The Kier molecular flexibility index (Phi) is 8.59. The number of hydrogen-bond acceptors (Lipinski definition) is 8. The van der Waals surface area contributed by atoms with E-state index in [9.17, 15) is 9.59 Å². The Bertz CT molecular complexity index is 3270. The Morgan fingerprint density at radius 1 is 0.968 bits per heavy atom. The Hall–Kier alpha value is -6.81. The highest BCUT2D eigenvalue weighted by Gasteiger charge is 2.53. The van der Waals surface area contributed by atoms with Crippen molar-refractivity contribution in [2.75, 3.05) is 13.2 Å². The summed E-state index contributed by atoms with van der Waals surface area (Å²) in [6.45, 7) is 12.6. The van der Waals surface area contributed by atoms with E-state index < -0.39 is 17.2 Å². The first-order valence-corrected chi connectivity index (χ1v) is 21.5. The second kappa shape index (κ2) is 13.8. The lowest BCUT2D eigenvalue weighted by Gasteiger charge is -2.35. The van der Waals surface area contributed by atoms with Crippen molar-refractivity contribution in [3.8, 4) is 17.2 Å². The predicted octanol–water partition coefficient (Wildman–Crippen LogP) is 6.97. The lowest BCUT2D eigenvalue weighted by molar-refractivity contribution is -0.0593. The van der Waals surface area contributed by atoms with E-state index in [1.165, 1.54) is 0 Å². The highest BCUT2D eigenvalue weighted by molar-refractivity contribution is 5.99. The number of nitrogens with one attached hydrogen (secondary N) is 1. The van der Waals surface area contributed by atoms with Crippen molar-refractivity contribution < 1.29 is 18.4 Å². The summed E-state index contributed by atoms with van der Waals surface area (Å²) in [6, 6.07) is 10.9. The molecule has 15 nitrogen and oxygen atoms in total. The molecule has 16 heteroatoms. The lowest BCUT2D eigenvalue weighted by Crippen LogP contribution is -2.40. The topological polar surface area (TPSA) is 155 Å². The molecule has 1 amide bonds. The molecule has 1 saturated carbocycles. The van der Waals surface area contributed by atoms with Gasteiger partial charge in [-0.3, -0.25) is 23.4 Å². The molecule has 1 aliphatic carbocycles. The first-order valence-electron chi connectivity index (χ1n) is 21.5. The second-order valence-electron chi connectivity index (χ2n) is 18.2. The summed E-state index contributed by atoms with van der Waals surface area (Å²) in [5.74, 6) is 0.838. The molecule has 2 atom stereocenters. The van der Waals surface area contributed by atoms with Crippen LogP contribution < -0.4 is 11.4 Å². The van der Waals surface area contributed by atoms with Gasteiger partial charge in [-0.05, 0) is 120 Å². The number of imidazole rings is 2. The molecule has 8 aromatic rings. The Morgan fingerprint density at radius 3 is 2.48 bits per heavy atom. The summed E-state index contributed by atoms with van der Waals surface area (Å²) in [7, 11) is 0. The molecule has 11 rings (SSSR count). The molecule has 7 aromatic heterocycles. The fourth-order valence-electron chi connectivity index (χ4n) is 10.3. The number of nitrogens with zero attached hydrogens (tertiary/aromatic N) is 9. The van der Waals surface area contributed by atoms with Crippen LogP contribution in [0.4, 0.5) is 4.39 Å². The third kappa shape index (κ3) is 6.08. The van der Waals surface area contributed by atoms with E-state index in [0.29, 0.717) is 77.7 Å². The van der Waals surface area contributed by atoms with Gasteiger partial charge in [-0.2, -0.15) is 5.10 Å². The van der Waals surface area contributed by atoms with Crippen molar-refractivity contribution in [1.29, 1.82) is 0 Å². The molecule has 3 aliphatic rings. The number of aromatic amines is 1. The maximum Gasteiger partial charge on any atom is 0.438 e. The number of H-pyrrole nitrogens is 1. The van der Waals surface area contributed by atoms with Gasteiger partial charge in [-0.1, -0.05) is 11.2 Å². The lowest BCUT2D eigenvalue weighted by atomic mass is 9.84. The quantitative estimate of drug-likeness (QED) is 0.181. The zero-order chi connectivity index (χ0) is 43.7. The van der Waals surface area contributed by atoms with Crippen LogP contribution in [0.5, 0.6) is 0 Å². The van der Waals surface area contributed by atoms with Crippen LogP contribution in [0.3, 0.4) is 0 Å². The molecule has 1 N–H and O–H groups in total. The average molecular weight is 851 g/mol. The third-order valence-electron chi connectivity index (χ3n) is 13.7. The predicted molar refractivity (Wildman–Crippen MR) is 231 cm³/mol. The first kappa shape index (κ1) is 39.1. The van der Waals surface area contributed by atoms with Gasteiger partial charge in [0.15, 0.2) is 5.82 Å². The van der Waals surface area contributed by atoms with Crippen LogP contribution in [0.25, 0.3) is 28.2 Å². The van der Waals surface area contributed by atoms with E-state index in [2.05, 4.69) is 47.3 Å². The molecule has 0 spiro atoms. The number of halogens is 1. The van der Waals surface area contributed by atoms with Gasteiger partial charge in [-0.15, -0.1) is 0 Å². The Labute approximate surface area is 360 Å². The van der Waals surface area contributed by atoms with Gasteiger partial charge in [-0.25, -0.2) is 23.6 Å². The SMILES string of the molecule is Cc1cc(-n2nc3c(c2-n2ccn(-c4ccn5c(C)ncc5c4)c2=O)[C@H](C)N(C(=O)c2cn4cc([C@@H]5CCOC(C)(C)C5)ccc4c2C2(c4noc(=O)[nH]4)CC2)CC3)cc(C)c1F. The zero-order valence-electron chi connectivity index (χ0n) is 36.0. The van der Waals surface area contributed by atoms with Crippen molar-refractivity contribution in [3.63, 3.8) is 0 Å². The molecule has 2 fully saturated rings. The summed E-state index contributed by atoms with van der Waals surface area (Å²) >= 11 is 0. The van der Waals surface area contributed by atoms with Crippen molar-refractivity contribution in [2.45, 2.75) is 96.6 Å². The molecule has 2 aliphatic heterocycles. The van der Waals surface area contributed by atoms with Gasteiger partial charge in [0.1, 0.15) is 17.5 Å². The summed E-state index contributed by atoms with van der Waals surface area (Å²) in [4.78, 5) is 51.5. The van der Waals surface area contributed by atoms with Crippen LogP contribution in [0.1, 0.15) is 114 Å². The molecular formula is C47H47FN10O5. The second-order valence-corrected chi connectivity index (χ2v) is 18.2. The maximum absolute atomic E-state index is 15.4. The van der Waals surface area contributed by atoms with Gasteiger partial charge in [0, 0.05) is 61.7 Å². The van der Waals surface area contributed by atoms with Gasteiger partial charge in [0.05, 0.1) is 56.9 Å². The normalized spacial score (nSPS) is 19.3. The number of carbonyl (C=O) groups is 1. The number of carbonyl (C=O) groups excluding carboxylic acids is 1. The molecule has 0 radical (unpaired) electrons. The number of pyridine rings is 2. The average Bonchev–Trinajstić information content (AvgIpc) is 3.71. The van der Waals surface area contributed by atoms with Crippen molar-refractivity contribution in [2.24, 2.45) is 0 Å². The van der Waals surface area contributed by atoms with Crippen molar-refractivity contribution in [1.82, 2.24) is 47.7 Å². The smallest absolute Gasteiger partial charge is 0.376 e. The fourth-order valence-corrected chi connectivity index (χ4v) is 10.3. The van der Waals surface area contributed by atoms with E-state index >= 15 is 9.18 Å². The van der Waals surface area contributed by atoms with Crippen LogP contribution in [-0.2, 0) is 16.6 Å². The minimum Gasteiger partial charge on any atom is -0.376 e. The van der Waals surface area contributed by atoms with E-state index in [-0.39, 0.29) is 28.9 Å². The van der Waals surface area contributed by atoms with Crippen molar-refractivity contribution >= 4 is 16.9 Å². The summed E-state index contributed by atoms with van der Waals surface area (Å²) in [5.41, 5.74) is 6.45. The molecule has 9 heterocycles. The number of fused-ring (bicyclic) bond motifs is 3. The molecular weight excluding hydrogens is 804 g/mol. The molecule has 63 heavy (non-hydrogen) atoms. The monoisotopic (exact) mass is 850 g/mol. The number of hydrogen-bond donors (Lipinski definition) is 1. The number of aromatic nitrogens is 9. The van der Waals surface area contributed by atoms with Crippen LogP contribution in [0, 0.1) is 26.6 Å². The van der Waals surface area contributed by atoms with Crippen molar-refractivity contribution in [3.05, 3.63) is 151 Å². The molecule has 1 saturated heterocycles. The maximum atomic E-state index is 15.4. The van der Waals surface area contributed by atoms with Crippen LogP contribution in [0.15, 0.2) is 87.7 Å². The highest BCUT2D eigenvalue weighted by atomic mass is 19.1. The molecule has 322 valence electrons. The molecule has 0 unspecified atom stereocenters. The summed E-state index contributed by atoms with van der Waals surface area (Å²) in [5, 5.41) is 9.27. The number of rotatable bonds is 7. The van der Waals surface area contributed by atoms with Gasteiger partial charge in [0.25, 0.3) is 5.91 Å². The van der Waals surface area contributed by atoms with Crippen LogP contribution >= 0.6 is 0 Å². The number of benzene rings is 1. The van der Waals surface area contributed by atoms with Crippen LogP contribution in [-0.4, -0.2) is 72.4 Å². The standard InChI is InChI=1S/C47H47FN10O5/c1-26-19-33(20-27(2)40(26)48)58-41(57-17-16-56(45(57)61)32-9-14-55-29(4)49-23-34(55)21-32)38-28(3)54(15-10-36(38)51-58)42(59)35-25-53-24-31(30-11-18-62-46(5,6)22-30)7-8-37(53)39(35)47(12-13-47)43-50-44(60)63-52-43/h7-9,14,16-17,19-21,23-25,28,30H,10-13,15,18,22H2,1-6H3,(H,50,52,60)/t28-,30+/m0/s1. The first-order chi connectivity index (χ1) is 30.2. The van der Waals surface area contributed by atoms with E-state index in [4.69, 9.17) is 14.4 Å². The van der Waals surface area contributed by atoms with Crippen LogP contribution in [0.2, 0.25) is 0 Å². The Morgan fingerprint density at radius 2 is 1.75 bits per heavy atom. The van der Waals surface area contributed by atoms with E-state index in [0.717, 1.165) is 46.5 Å². The number of ether oxygens (including phenoxy) is 1. The van der Waals surface area contributed by atoms with Gasteiger partial charge in [0.2, 0.25) is 0 Å². The minimum absolute atomic E-state index is 0.195. The summed E-state index contributed by atoms with van der Waals surface area (Å²) in [6.07, 6.45) is 14.6. The largest absolute Gasteiger partial charge is 0.438 e. The molecule has 0 bridgehead atoms. The minimum atomic E-state index is -0.721. The summed E-state index contributed by atoms with van der Waals surface area (Å²) < 4.78 is 35.0. The Balaban J connectivity index is 1.05. The number of aryl methyl sites for hydroxylation is 3. The van der Waals surface area contributed by atoms with Gasteiger partial charge < -0.3 is 18.4 Å². The third-order valence-corrected chi connectivity index (χ3v) is 13.7. The van der Waals surface area contributed by atoms with E-state index in [1.54, 1.807) is 58.4 Å². The zero-order valence-corrected chi connectivity index (χ0v) is 36.0. The highest BCUT2D eigenvalue weighted by Crippen LogP contribution is 2.55. The van der Waals surface area contributed by atoms with Gasteiger partial charge >= 0.3 is 11.4 Å². The fraction of sp³-hybridized carbons (Fsp3) is 0.362. The molecule has 1 aromatic carbocycles. The van der Waals surface area contributed by atoms with E-state index in [1.807, 2.05) is 52.1 Å².